The fourth-order valence-electron chi connectivity index (χ4n) is 1.98. The van der Waals surface area contributed by atoms with Crippen LogP contribution in [0.2, 0.25) is 0 Å². The quantitative estimate of drug-likeness (QED) is 0.943. The molecule has 0 radical (unpaired) electrons. The number of carbonyl (C=O) groups is 1. The van der Waals surface area contributed by atoms with Crippen LogP contribution in [0, 0.1) is 5.82 Å². The fraction of sp³-hybridized carbons (Fsp3) is 0.188. The Hall–Kier alpha value is -2.01. The Balaban J connectivity index is 2.11. The van der Waals surface area contributed by atoms with E-state index in [0.29, 0.717) is 16.0 Å². The SMILES string of the molecule is C[C@@H](NC(=O)c1ccc([S@@](C)=O)cc1)c1ccccc1F. The van der Waals surface area contributed by atoms with Crippen molar-refractivity contribution in [3.05, 3.63) is 65.5 Å². The molecule has 110 valence electrons. The molecule has 0 bridgehead atoms. The molecule has 2 aromatic rings. The number of amides is 1. The second-order valence-corrected chi connectivity index (χ2v) is 6.07. The van der Waals surface area contributed by atoms with Gasteiger partial charge in [0.15, 0.2) is 0 Å². The summed E-state index contributed by atoms with van der Waals surface area (Å²) in [4.78, 5) is 12.8. The summed E-state index contributed by atoms with van der Waals surface area (Å²) < 4.78 is 24.9. The largest absolute Gasteiger partial charge is 0.345 e. The van der Waals surface area contributed by atoms with Crippen molar-refractivity contribution in [2.45, 2.75) is 17.9 Å². The Labute approximate surface area is 125 Å². The highest BCUT2D eigenvalue weighted by Gasteiger charge is 2.14. The molecule has 0 aliphatic rings. The van der Waals surface area contributed by atoms with Gasteiger partial charge in [0.1, 0.15) is 5.82 Å². The second kappa shape index (κ2) is 6.63. The molecule has 0 spiro atoms. The first-order valence-corrected chi connectivity index (χ1v) is 8.03. The van der Waals surface area contributed by atoms with Crippen LogP contribution < -0.4 is 5.32 Å². The second-order valence-electron chi connectivity index (χ2n) is 4.70. The van der Waals surface area contributed by atoms with Crippen molar-refractivity contribution >= 4 is 16.7 Å². The molecule has 2 rings (SSSR count). The molecule has 21 heavy (non-hydrogen) atoms. The molecular formula is C16H16FNO2S. The first-order chi connectivity index (χ1) is 9.99. The van der Waals surface area contributed by atoms with E-state index in [0.717, 1.165) is 0 Å². The van der Waals surface area contributed by atoms with Crippen molar-refractivity contribution in [2.75, 3.05) is 6.26 Å². The van der Waals surface area contributed by atoms with Gasteiger partial charge in [-0.15, -0.1) is 0 Å². The lowest BCUT2D eigenvalue weighted by molar-refractivity contribution is 0.0939. The van der Waals surface area contributed by atoms with Gasteiger partial charge in [-0.3, -0.25) is 9.00 Å². The molecule has 0 heterocycles. The summed E-state index contributed by atoms with van der Waals surface area (Å²) in [6.07, 6.45) is 1.58. The van der Waals surface area contributed by atoms with Crippen LogP contribution in [0.15, 0.2) is 53.4 Å². The number of carbonyl (C=O) groups excluding carboxylic acids is 1. The van der Waals surface area contributed by atoms with Crippen LogP contribution >= 0.6 is 0 Å². The highest BCUT2D eigenvalue weighted by atomic mass is 32.2. The number of hydrogen-bond donors (Lipinski definition) is 1. The van der Waals surface area contributed by atoms with Crippen molar-refractivity contribution in [1.29, 1.82) is 0 Å². The Bertz CT molecular complexity index is 670. The van der Waals surface area contributed by atoms with E-state index in [-0.39, 0.29) is 11.7 Å². The Morgan fingerprint density at radius 1 is 1.14 bits per heavy atom. The van der Waals surface area contributed by atoms with Crippen LogP contribution in [0.25, 0.3) is 0 Å². The lowest BCUT2D eigenvalue weighted by Crippen LogP contribution is -2.27. The van der Waals surface area contributed by atoms with E-state index in [2.05, 4.69) is 5.32 Å². The third-order valence-electron chi connectivity index (χ3n) is 3.17. The van der Waals surface area contributed by atoms with Crippen LogP contribution in [0.4, 0.5) is 4.39 Å². The normalized spacial score (nSPS) is 13.5. The van der Waals surface area contributed by atoms with E-state index in [1.54, 1.807) is 55.6 Å². The Morgan fingerprint density at radius 3 is 2.33 bits per heavy atom. The maximum absolute atomic E-state index is 13.6. The number of rotatable bonds is 4. The molecule has 0 aliphatic carbocycles. The number of hydrogen-bond acceptors (Lipinski definition) is 2. The number of benzene rings is 2. The Kier molecular flexibility index (Phi) is 4.85. The standard InChI is InChI=1S/C16H16FNO2S/c1-11(14-5-3-4-6-15(14)17)18-16(19)12-7-9-13(10-8-12)21(2)20/h3-11H,1-2H3,(H,18,19)/t11-,21-/m1/s1. The lowest BCUT2D eigenvalue weighted by Gasteiger charge is -2.15. The van der Waals surface area contributed by atoms with Crippen molar-refractivity contribution in [1.82, 2.24) is 5.32 Å². The first-order valence-electron chi connectivity index (χ1n) is 6.48. The average molecular weight is 305 g/mol. The summed E-state index contributed by atoms with van der Waals surface area (Å²) >= 11 is 0. The van der Waals surface area contributed by atoms with Gasteiger partial charge in [0, 0.05) is 33.1 Å². The van der Waals surface area contributed by atoms with Crippen LogP contribution in [-0.2, 0) is 10.8 Å². The molecule has 1 amide bonds. The summed E-state index contributed by atoms with van der Waals surface area (Å²) in [5.74, 6) is -0.638. The monoisotopic (exact) mass is 305 g/mol. The minimum atomic E-state index is -1.08. The highest BCUT2D eigenvalue weighted by molar-refractivity contribution is 7.84. The predicted octanol–water partition coefficient (Wildman–Crippen LogP) is 3.05. The zero-order valence-electron chi connectivity index (χ0n) is 11.8. The average Bonchev–Trinajstić information content (AvgIpc) is 2.47. The molecule has 0 saturated carbocycles. The number of nitrogens with one attached hydrogen (secondary N) is 1. The van der Waals surface area contributed by atoms with Crippen LogP contribution in [-0.4, -0.2) is 16.4 Å². The van der Waals surface area contributed by atoms with Gasteiger partial charge in [-0.05, 0) is 37.3 Å². The highest BCUT2D eigenvalue weighted by Crippen LogP contribution is 2.17. The summed E-state index contributed by atoms with van der Waals surface area (Å²) in [6.45, 7) is 1.73. The molecule has 2 aromatic carbocycles. The minimum Gasteiger partial charge on any atom is -0.345 e. The van der Waals surface area contributed by atoms with Gasteiger partial charge in [0.2, 0.25) is 0 Å². The minimum absolute atomic E-state index is 0.292. The van der Waals surface area contributed by atoms with E-state index in [4.69, 9.17) is 0 Å². The molecule has 0 unspecified atom stereocenters. The number of halogens is 1. The van der Waals surface area contributed by atoms with Crippen molar-refractivity contribution in [3.63, 3.8) is 0 Å². The van der Waals surface area contributed by atoms with E-state index >= 15 is 0 Å². The summed E-state index contributed by atoms with van der Waals surface area (Å²) in [5, 5.41) is 2.75. The lowest BCUT2D eigenvalue weighted by atomic mass is 10.1. The summed E-state index contributed by atoms with van der Waals surface area (Å²) in [7, 11) is -1.08. The maximum Gasteiger partial charge on any atom is 0.251 e. The third kappa shape index (κ3) is 3.76. The molecule has 0 aliphatic heterocycles. The van der Waals surface area contributed by atoms with E-state index in [9.17, 15) is 13.4 Å². The van der Waals surface area contributed by atoms with Crippen molar-refractivity contribution in [2.24, 2.45) is 0 Å². The molecule has 1 N–H and O–H groups in total. The topological polar surface area (TPSA) is 46.2 Å². The predicted molar refractivity (Wildman–Crippen MR) is 81.1 cm³/mol. The molecule has 0 fully saturated rings. The summed E-state index contributed by atoms with van der Waals surface area (Å²) in [5.41, 5.74) is 0.893. The van der Waals surface area contributed by atoms with Gasteiger partial charge in [-0.1, -0.05) is 18.2 Å². The first kappa shape index (κ1) is 15.4. The smallest absolute Gasteiger partial charge is 0.251 e. The van der Waals surface area contributed by atoms with E-state index < -0.39 is 16.8 Å². The van der Waals surface area contributed by atoms with Crippen molar-refractivity contribution < 1.29 is 13.4 Å². The fourth-order valence-corrected chi connectivity index (χ4v) is 2.50. The van der Waals surface area contributed by atoms with Gasteiger partial charge < -0.3 is 5.32 Å². The molecule has 0 aromatic heterocycles. The van der Waals surface area contributed by atoms with Crippen LogP contribution in [0.3, 0.4) is 0 Å². The van der Waals surface area contributed by atoms with E-state index in [1.165, 1.54) is 6.07 Å². The molecule has 3 nitrogen and oxygen atoms in total. The van der Waals surface area contributed by atoms with E-state index in [1.807, 2.05) is 0 Å². The third-order valence-corrected chi connectivity index (χ3v) is 4.10. The van der Waals surface area contributed by atoms with Crippen LogP contribution in [0.1, 0.15) is 28.9 Å². The zero-order chi connectivity index (χ0) is 15.4. The van der Waals surface area contributed by atoms with Gasteiger partial charge in [-0.2, -0.15) is 0 Å². The molecule has 2 atom stereocenters. The summed E-state index contributed by atoms with van der Waals surface area (Å²) in [6, 6.07) is 12.4. The molecule has 5 heteroatoms. The van der Waals surface area contributed by atoms with Gasteiger partial charge in [0.25, 0.3) is 5.91 Å². The van der Waals surface area contributed by atoms with Gasteiger partial charge in [-0.25, -0.2) is 4.39 Å². The Morgan fingerprint density at radius 2 is 1.76 bits per heavy atom. The molecule has 0 saturated heterocycles. The van der Waals surface area contributed by atoms with Crippen LogP contribution in [0.5, 0.6) is 0 Å². The van der Waals surface area contributed by atoms with Gasteiger partial charge in [0.05, 0.1) is 6.04 Å². The maximum atomic E-state index is 13.6. The van der Waals surface area contributed by atoms with Crippen molar-refractivity contribution in [3.8, 4) is 0 Å². The molecular weight excluding hydrogens is 289 g/mol. The zero-order valence-corrected chi connectivity index (χ0v) is 12.6. The van der Waals surface area contributed by atoms with Gasteiger partial charge >= 0.3 is 0 Å².